The van der Waals surface area contributed by atoms with Gasteiger partial charge in [-0.3, -0.25) is 0 Å². The van der Waals surface area contributed by atoms with E-state index < -0.39 is 5.54 Å². The summed E-state index contributed by atoms with van der Waals surface area (Å²) in [6.45, 7) is 2.32. The third-order valence-electron chi connectivity index (χ3n) is 6.59. The number of benzene rings is 1. The average molecular weight is 480 g/mol. The monoisotopic (exact) mass is 479 g/mol. The molecule has 2 aliphatic rings. The minimum atomic E-state index is -0.396. The van der Waals surface area contributed by atoms with Gasteiger partial charge in [0, 0.05) is 23.1 Å². The van der Waals surface area contributed by atoms with Gasteiger partial charge in [0.25, 0.3) is 0 Å². The van der Waals surface area contributed by atoms with Crippen molar-refractivity contribution in [3.63, 3.8) is 0 Å². The Balaban J connectivity index is 0.00000150. The molecule has 2 atom stereocenters. The summed E-state index contributed by atoms with van der Waals surface area (Å²) in [7, 11) is 0. The smallest absolute Gasteiger partial charge is 0.577 e. The minimum Gasteiger partial charge on any atom is -0.577 e. The summed E-state index contributed by atoms with van der Waals surface area (Å²) in [5.74, 6) is 1.56. The molecular weight excluding hydrogens is 445 g/mol. The standard InChI is InChI=1S/C23H32N2O2.2K.H2P/c1-2-3-4-5-6-21-20-10-8-17-13-16(7-9-19(17)22(20)25-27-21)18-11-12-23(24,14-18)15-26;;;/h7,9,13,18,26H,2-6,8,10-12,14-15,24H2,1H3;;;1H2/q;2*+1;-1. The second-order valence-corrected chi connectivity index (χ2v) is 8.62. The van der Waals surface area contributed by atoms with Gasteiger partial charge in [-0.15, -0.1) is 0 Å². The van der Waals surface area contributed by atoms with E-state index in [2.05, 4.69) is 30.3 Å². The number of rotatable bonds is 7. The van der Waals surface area contributed by atoms with E-state index in [0.29, 0.717) is 5.92 Å². The van der Waals surface area contributed by atoms with E-state index in [0.717, 1.165) is 50.0 Å². The number of aliphatic hydroxyl groups is 1. The zero-order chi connectivity index (χ0) is 18.9. The van der Waals surface area contributed by atoms with Crippen molar-refractivity contribution < 1.29 is 112 Å². The van der Waals surface area contributed by atoms with Gasteiger partial charge in [-0.2, -0.15) is 0 Å². The fourth-order valence-corrected chi connectivity index (χ4v) is 4.87. The van der Waals surface area contributed by atoms with Gasteiger partial charge in [0.05, 0.1) is 6.61 Å². The van der Waals surface area contributed by atoms with E-state index in [1.54, 1.807) is 0 Å². The second-order valence-electron chi connectivity index (χ2n) is 8.62. The first kappa shape index (κ1) is 30.1. The van der Waals surface area contributed by atoms with Crippen molar-refractivity contribution >= 4 is 9.90 Å². The molecule has 1 saturated carbocycles. The number of nitrogens with zero attached hydrogens (tertiary/aromatic N) is 1. The van der Waals surface area contributed by atoms with Crippen molar-refractivity contribution in [2.24, 2.45) is 5.73 Å². The number of unbranched alkanes of at least 4 members (excludes halogenated alkanes) is 3. The van der Waals surface area contributed by atoms with Crippen LogP contribution in [-0.2, 0) is 19.3 Å². The largest absolute Gasteiger partial charge is 1.00 e. The van der Waals surface area contributed by atoms with Crippen LogP contribution in [0.3, 0.4) is 0 Å². The second kappa shape index (κ2) is 13.8. The molecule has 2 aromatic rings. The molecule has 0 aliphatic heterocycles. The van der Waals surface area contributed by atoms with Crippen molar-refractivity contribution in [2.45, 2.75) is 82.6 Å². The number of aliphatic hydroxyl groups excluding tert-OH is 1. The average Bonchev–Trinajstić information content (AvgIpc) is 3.29. The first-order valence-corrected chi connectivity index (χ1v) is 10.6. The molecule has 2 aliphatic carbocycles. The molecule has 0 saturated heterocycles. The summed E-state index contributed by atoms with van der Waals surface area (Å²) in [5, 5.41) is 14.0. The van der Waals surface area contributed by atoms with Crippen LogP contribution in [-0.4, -0.2) is 22.4 Å². The predicted octanol–water partition coefficient (Wildman–Crippen LogP) is -1.15. The third kappa shape index (κ3) is 6.81. The molecule has 7 heteroatoms. The van der Waals surface area contributed by atoms with E-state index in [1.165, 1.54) is 47.9 Å². The van der Waals surface area contributed by atoms with Gasteiger partial charge in [0.1, 0.15) is 11.5 Å². The van der Waals surface area contributed by atoms with Crippen LogP contribution in [0.4, 0.5) is 0 Å². The normalized spacial score (nSPS) is 21.6. The maximum Gasteiger partial charge on any atom is 1.00 e. The summed E-state index contributed by atoms with van der Waals surface area (Å²) in [5.41, 5.74) is 12.2. The van der Waals surface area contributed by atoms with E-state index in [-0.39, 0.29) is 119 Å². The van der Waals surface area contributed by atoms with E-state index in [4.69, 9.17) is 10.3 Å². The maximum absolute atomic E-state index is 9.54. The van der Waals surface area contributed by atoms with Crippen LogP contribution >= 0.6 is 9.90 Å². The van der Waals surface area contributed by atoms with Gasteiger partial charge in [-0.05, 0) is 55.6 Å². The fourth-order valence-electron chi connectivity index (χ4n) is 4.87. The number of aryl methyl sites for hydroxylation is 2. The summed E-state index contributed by atoms with van der Waals surface area (Å²) in [6.07, 6.45) is 10.9. The van der Waals surface area contributed by atoms with Crippen molar-refractivity contribution in [1.82, 2.24) is 5.16 Å². The molecule has 3 N–H and O–H groups in total. The Kier molecular flexibility index (Phi) is 13.9. The van der Waals surface area contributed by atoms with Gasteiger partial charge in [0.2, 0.25) is 0 Å². The third-order valence-corrected chi connectivity index (χ3v) is 6.59. The van der Waals surface area contributed by atoms with Crippen molar-refractivity contribution in [1.29, 1.82) is 0 Å². The number of hydrogen-bond acceptors (Lipinski definition) is 4. The molecule has 1 fully saturated rings. The maximum atomic E-state index is 9.54. The van der Waals surface area contributed by atoms with Crippen LogP contribution in [0.5, 0.6) is 0 Å². The molecule has 154 valence electrons. The Morgan fingerprint density at radius 1 is 1.20 bits per heavy atom. The van der Waals surface area contributed by atoms with E-state index in [9.17, 15) is 5.11 Å². The van der Waals surface area contributed by atoms with E-state index in [1.807, 2.05) is 0 Å². The van der Waals surface area contributed by atoms with Gasteiger partial charge in [-0.25, -0.2) is 0 Å². The Hall–Kier alpha value is 2.05. The molecule has 1 aromatic heterocycles. The predicted molar refractivity (Wildman–Crippen MR) is 117 cm³/mol. The Bertz CT molecular complexity index is 814. The summed E-state index contributed by atoms with van der Waals surface area (Å²) >= 11 is 0. The summed E-state index contributed by atoms with van der Waals surface area (Å²) in [4.78, 5) is 0. The molecule has 0 amide bonds. The molecule has 2 unspecified atom stereocenters. The first-order chi connectivity index (χ1) is 13.1. The van der Waals surface area contributed by atoms with Crippen LogP contribution in [0.2, 0.25) is 0 Å². The van der Waals surface area contributed by atoms with Crippen molar-refractivity contribution in [2.75, 3.05) is 6.61 Å². The van der Waals surface area contributed by atoms with Gasteiger partial charge >= 0.3 is 103 Å². The molecule has 4 rings (SSSR count). The Morgan fingerprint density at radius 2 is 2.00 bits per heavy atom. The number of hydrogen-bond donors (Lipinski definition) is 2. The SMILES string of the molecule is CCCCCCc1onc2c1CCc1cc(C3CCC(N)(CO)C3)ccc1-2.[K+].[K+].[PH2-]. The molecule has 1 aromatic carbocycles. The minimum absolute atomic E-state index is 0. The van der Waals surface area contributed by atoms with Gasteiger partial charge in [0.15, 0.2) is 0 Å². The Morgan fingerprint density at radius 3 is 2.70 bits per heavy atom. The topological polar surface area (TPSA) is 72.3 Å². The van der Waals surface area contributed by atoms with Crippen LogP contribution in [0.15, 0.2) is 22.7 Å². The quantitative estimate of drug-likeness (QED) is 0.299. The molecule has 4 nitrogen and oxygen atoms in total. The van der Waals surface area contributed by atoms with Crippen molar-refractivity contribution in [3.05, 3.63) is 40.6 Å². The van der Waals surface area contributed by atoms with Crippen LogP contribution in [0.1, 0.15) is 80.2 Å². The summed E-state index contributed by atoms with van der Waals surface area (Å²) < 4.78 is 5.73. The van der Waals surface area contributed by atoms with Crippen LogP contribution in [0, 0.1) is 0 Å². The zero-order valence-corrected chi connectivity index (χ0v) is 26.4. The van der Waals surface area contributed by atoms with Gasteiger partial charge < -0.3 is 25.3 Å². The first-order valence-electron chi connectivity index (χ1n) is 10.6. The summed E-state index contributed by atoms with van der Waals surface area (Å²) in [6, 6.07) is 6.81. The zero-order valence-electron chi connectivity index (χ0n) is 19.0. The number of fused-ring (bicyclic) bond motifs is 3. The molecular formula is C23H34K2N2O2P+. The molecule has 30 heavy (non-hydrogen) atoms. The van der Waals surface area contributed by atoms with E-state index >= 15 is 0 Å². The van der Waals surface area contributed by atoms with Crippen molar-refractivity contribution in [3.8, 4) is 11.3 Å². The molecule has 1 heterocycles. The fraction of sp³-hybridized carbons (Fsp3) is 0.609. The molecule has 0 radical (unpaired) electrons. The van der Waals surface area contributed by atoms with Crippen LogP contribution in [0.25, 0.3) is 11.3 Å². The van der Waals surface area contributed by atoms with Gasteiger partial charge in [-0.1, -0.05) is 49.5 Å². The Labute approximate surface area is 269 Å². The number of nitrogens with two attached hydrogens (primary N) is 1. The van der Waals surface area contributed by atoms with Crippen LogP contribution < -0.4 is 109 Å². The number of aromatic nitrogens is 1. The molecule has 0 bridgehead atoms. The molecule has 0 spiro atoms.